The summed E-state index contributed by atoms with van der Waals surface area (Å²) >= 11 is 3.32. The number of nitrogens with zero attached hydrogens (tertiary/aromatic N) is 2. The lowest BCUT2D eigenvalue weighted by Gasteiger charge is -2.01. The molecule has 120 valence electrons. The molecule has 1 aliphatic heterocycles. The van der Waals surface area contributed by atoms with Crippen LogP contribution in [0.4, 0.5) is 6.01 Å². The molecule has 0 fully saturated rings. The van der Waals surface area contributed by atoms with Crippen LogP contribution in [0.1, 0.15) is 10.4 Å². The molecule has 0 radical (unpaired) electrons. The highest BCUT2D eigenvalue weighted by molar-refractivity contribution is 9.10. The molecule has 2 heterocycles. The van der Waals surface area contributed by atoms with Crippen molar-refractivity contribution in [1.82, 2.24) is 10.2 Å². The summed E-state index contributed by atoms with van der Waals surface area (Å²) in [5, 5.41) is 10.4. The number of carbonyl (C=O) groups excluding carboxylic acids is 1. The first kappa shape index (κ1) is 14.7. The minimum absolute atomic E-state index is 0.0210. The van der Waals surface area contributed by atoms with Gasteiger partial charge in [0.05, 0.1) is 0 Å². The van der Waals surface area contributed by atoms with E-state index < -0.39 is 0 Å². The van der Waals surface area contributed by atoms with Gasteiger partial charge in [-0.3, -0.25) is 10.1 Å². The van der Waals surface area contributed by atoms with Gasteiger partial charge in [0, 0.05) is 15.6 Å². The third kappa shape index (κ3) is 2.83. The van der Waals surface area contributed by atoms with E-state index >= 15 is 0 Å². The van der Waals surface area contributed by atoms with Crippen molar-refractivity contribution in [2.75, 3.05) is 12.1 Å². The maximum Gasteiger partial charge on any atom is 0.322 e. The highest BCUT2D eigenvalue weighted by Crippen LogP contribution is 2.35. The van der Waals surface area contributed by atoms with Gasteiger partial charge in [-0.15, -0.1) is 5.10 Å². The van der Waals surface area contributed by atoms with Crippen LogP contribution in [-0.4, -0.2) is 22.9 Å². The largest absolute Gasteiger partial charge is 0.454 e. The van der Waals surface area contributed by atoms with E-state index in [1.807, 2.05) is 6.07 Å². The van der Waals surface area contributed by atoms with E-state index in [1.165, 1.54) is 0 Å². The molecule has 0 spiro atoms. The zero-order valence-electron chi connectivity index (χ0n) is 12.2. The lowest BCUT2D eigenvalue weighted by molar-refractivity contribution is 0.102. The Morgan fingerprint density at radius 2 is 1.96 bits per heavy atom. The zero-order valence-corrected chi connectivity index (χ0v) is 13.7. The number of rotatable bonds is 3. The van der Waals surface area contributed by atoms with Crippen LogP contribution in [0.3, 0.4) is 0 Å². The molecule has 0 saturated heterocycles. The summed E-state index contributed by atoms with van der Waals surface area (Å²) < 4.78 is 16.9. The van der Waals surface area contributed by atoms with Crippen LogP contribution in [0.25, 0.3) is 11.5 Å². The van der Waals surface area contributed by atoms with Crippen LogP contribution >= 0.6 is 15.9 Å². The normalized spacial score (nSPS) is 12.2. The van der Waals surface area contributed by atoms with Gasteiger partial charge in [-0.1, -0.05) is 27.1 Å². The number of fused-ring (bicyclic) bond motifs is 1. The Labute approximate surface area is 144 Å². The predicted octanol–water partition coefficient (Wildman–Crippen LogP) is 3.48. The van der Waals surface area contributed by atoms with E-state index in [2.05, 4.69) is 31.4 Å². The fraction of sp³-hybridized carbons (Fsp3) is 0.0625. The molecule has 0 unspecified atom stereocenters. The highest BCUT2D eigenvalue weighted by atomic mass is 79.9. The second kappa shape index (κ2) is 5.97. The minimum atomic E-state index is -0.336. The standard InChI is InChI=1S/C16H10BrN3O4/c17-11-3-1-2-9(6-11)14(21)18-16-20-19-15(24-16)10-4-5-12-13(7-10)23-8-22-12/h1-7H,8H2,(H,18,20,21). The van der Waals surface area contributed by atoms with E-state index in [4.69, 9.17) is 13.9 Å². The quantitative estimate of drug-likeness (QED) is 0.740. The summed E-state index contributed by atoms with van der Waals surface area (Å²) in [4.78, 5) is 12.2. The first-order chi connectivity index (χ1) is 11.7. The smallest absolute Gasteiger partial charge is 0.322 e. The number of amides is 1. The van der Waals surface area contributed by atoms with Crippen LogP contribution in [0, 0.1) is 0 Å². The van der Waals surface area contributed by atoms with Crippen molar-refractivity contribution in [1.29, 1.82) is 0 Å². The van der Waals surface area contributed by atoms with Gasteiger partial charge >= 0.3 is 6.01 Å². The second-order valence-electron chi connectivity index (χ2n) is 4.94. The van der Waals surface area contributed by atoms with E-state index in [9.17, 15) is 4.79 Å². The van der Waals surface area contributed by atoms with Gasteiger partial charge in [-0.2, -0.15) is 0 Å². The molecule has 0 atom stereocenters. The van der Waals surface area contributed by atoms with Crippen molar-refractivity contribution in [3.05, 3.63) is 52.5 Å². The number of nitrogens with one attached hydrogen (secondary N) is 1. The molecule has 1 aromatic heterocycles. The van der Waals surface area contributed by atoms with Crippen LogP contribution in [-0.2, 0) is 0 Å². The van der Waals surface area contributed by atoms with E-state index in [0.717, 1.165) is 4.47 Å². The average Bonchev–Trinajstić information content (AvgIpc) is 3.23. The summed E-state index contributed by atoms with van der Waals surface area (Å²) in [6.07, 6.45) is 0. The molecular weight excluding hydrogens is 378 g/mol. The Bertz CT molecular complexity index is 925. The second-order valence-corrected chi connectivity index (χ2v) is 5.86. The molecule has 2 aromatic carbocycles. The van der Waals surface area contributed by atoms with E-state index in [0.29, 0.717) is 22.6 Å². The minimum Gasteiger partial charge on any atom is -0.454 e. The average molecular weight is 388 g/mol. The molecule has 8 heteroatoms. The Morgan fingerprint density at radius 3 is 2.83 bits per heavy atom. The number of anilines is 1. The molecule has 1 amide bonds. The number of hydrogen-bond donors (Lipinski definition) is 1. The van der Waals surface area contributed by atoms with Crippen LogP contribution in [0.2, 0.25) is 0 Å². The number of benzene rings is 2. The van der Waals surface area contributed by atoms with Crippen molar-refractivity contribution in [3.63, 3.8) is 0 Å². The lowest BCUT2D eigenvalue weighted by atomic mass is 10.2. The van der Waals surface area contributed by atoms with Gasteiger partial charge < -0.3 is 13.9 Å². The van der Waals surface area contributed by atoms with Crippen molar-refractivity contribution in [3.8, 4) is 23.0 Å². The molecule has 24 heavy (non-hydrogen) atoms. The summed E-state index contributed by atoms with van der Waals surface area (Å²) in [7, 11) is 0. The first-order valence-electron chi connectivity index (χ1n) is 6.99. The number of halogens is 1. The number of ether oxygens (including phenoxy) is 2. The first-order valence-corrected chi connectivity index (χ1v) is 7.79. The summed E-state index contributed by atoms with van der Waals surface area (Å²) in [6.45, 7) is 0.191. The Kier molecular flexibility index (Phi) is 3.66. The molecule has 0 saturated carbocycles. The topological polar surface area (TPSA) is 86.5 Å². The number of aromatic nitrogens is 2. The predicted molar refractivity (Wildman–Crippen MR) is 88.0 cm³/mol. The van der Waals surface area contributed by atoms with Crippen molar-refractivity contribution < 1.29 is 18.7 Å². The van der Waals surface area contributed by atoms with Gasteiger partial charge in [0.2, 0.25) is 12.7 Å². The van der Waals surface area contributed by atoms with Crippen molar-refractivity contribution in [2.24, 2.45) is 0 Å². The Hall–Kier alpha value is -2.87. The number of hydrogen-bond acceptors (Lipinski definition) is 6. The van der Waals surface area contributed by atoms with Gasteiger partial charge in [-0.25, -0.2) is 0 Å². The third-order valence-electron chi connectivity index (χ3n) is 3.35. The van der Waals surface area contributed by atoms with Gasteiger partial charge in [0.15, 0.2) is 11.5 Å². The molecule has 1 N–H and O–H groups in total. The fourth-order valence-corrected chi connectivity index (χ4v) is 2.62. The van der Waals surface area contributed by atoms with Gasteiger partial charge in [0.1, 0.15) is 0 Å². The van der Waals surface area contributed by atoms with Crippen LogP contribution in [0.15, 0.2) is 51.4 Å². The van der Waals surface area contributed by atoms with E-state index in [1.54, 1.807) is 36.4 Å². The van der Waals surface area contributed by atoms with Crippen LogP contribution < -0.4 is 14.8 Å². The molecule has 7 nitrogen and oxygen atoms in total. The Morgan fingerprint density at radius 1 is 1.08 bits per heavy atom. The van der Waals surface area contributed by atoms with Crippen LogP contribution in [0.5, 0.6) is 11.5 Å². The lowest BCUT2D eigenvalue weighted by Crippen LogP contribution is -2.11. The summed E-state index contributed by atoms with van der Waals surface area (Å²) in [5.74, 6) is 1.22. The monoisotopic (exact) mass is 387 g/mol. The maximum absolute atomic E-state index is 12.2. The maximum atomic E-state index is 12.2. The van der Waals surface area contributed by atoms with E-state index in [-0.39, 0.29) is 24.6 Å². The molecule has 4 rings (SSSR count). The fourth-order valence-electron chi connectivity index (χ4n) is 2.22. The summed E-state index contributed by atoms with van der Waals surface area (Å²) in [5.41, 5.74) is 1.15. The van der Waals surface area contributed by atoms with Crippen molar-refractivity contribution in [2.45, 2.75) is 0 Å². The molecule has 1 aliphatic rings. The van der Waals surface area contributed by atoms with Gasteiger partial charge in [-0.05, 0) is 36.4 Å². The number of carbonyl (C=O) groups is 1. The SMILES string of the molecule is O=C(Nc1nnc(-c2ccc3c(c2)OCO3)o1)c1cccc(Br)c1. The third-order valence-corrected chi connectivity index (χ3v) is 3.85. The Balaban J connectivity index is 1.53. The molecule has 0 bridgehead atoms. The highest BCUT2D eigenvalue weighted by Gasteiger charge is 2.17. The van der Waals surface area contributed by atoms with Crippen molar-refractivity contribution >= 4 is 27.9 Å². The molecule has 0 aliphatic carbocycles. The molecular formula is C16H10BrN3O4. The zero-order chi connectivity index (χ0) is 16.5. The molecule has 3 aromatic rings. The summed E-state index contributed by atoms with van der Waals surface area (Å²) in [6, 6.07) is 12.3. The van der Waals surface area contributed by atoms with Gasteiger partial charge in [0.25, 0.3) is 5.91 Å².